The predicted octanol–water partition coefficient (Wildman–Crippen LogP) is 2.23. The number of anilines is 1. The van der Waals surface area contributed by atoms with E-state index in [2.05, 4.69) is 10.5 Å². The fourth-order valence-electron chi connectivity index (χ4n) is 2.50. The van der Waals surface area contributed by atoms with Crippen LogP contribution in [0.1, 0.15) is 12.5 Å². The first-order valence-corrected chi connectivity index (χ1v) is 7.76. The van der Waals surface area contributed by atoms with Gasteiger partial charge in [-0.2, -0.15) is 5.10 Å². The number of amides is 2. The second kappa shape index (κ2) is 7.30. The normalized spacial score (nSPS) is 13.9. The van der Waals surface area contributed by atoms with Gasteiger partial charge in [-0.15, -0.1) is 0 Å². The number of halogens is 2. The second-order valence-electron chi connectivity index (χ2n) is 5.59. The first-order chi connectivity index (χ1) is 12.5. The number of benzene rings is 2. The molecule has 26 heavy (non-hydrogen) atoms. The van der Waals surface area contributed by atoms with Crippen LogP contribution in [0.5, 0.6) is 5.75 Å². The minimum atomic E-state index is -0.780. The Balaban J connectivity index is 1.70. The lowest BCUT2D eigenvalue weighted by atomic mass is 10.1. The topological polar surface area (TPSA) is 71.0 Å². The van der Waals surface area contributed by atoms with Crippen LogP contribution < -0.4 is 15.1 Å². The van der Waals surface area contributed by atoms with E-state index in [1.807, 2.05) is 0 Å². The molecule has 0 saturated heterocycles. The van der Waals surface area contributed by atoms with Crippen molar-refractivity contribution in [1.29, 1.82) is 0 Å². The molecular weight excluding hydrogens is 344 g/mol. The van der Waals surface area contributed by atoms with Crippen molar-refractivity contribution in [2.45, 2.75) is 6.92 Å². The monoisotopic (exact) mass is 359 g/mol. The average molecular weight is 359 g/mol. The van der Waals surface area contributed by atoms with Gasteiger partial charge in [0.05, 0.1) is 11.4 Å². The third kappa shape index (κ3) is 3.69. The quantitative estimate of drug-likeness (QED) is 0.672. The number of nitrogens with one attached hydrogen (secondary N) is 1. The van der Waals surface area contributed by atoms with Crippen molar-refractivity contribution in [3.8, 4) is 5.75 Å². The summed E-state index contributed by atoms with van der Waals surface area (Å²) in [7, 11) is 0. The molecule has 0 spiro atoms. The number of para-hydroxylation sites is 2. The molecule has 2 aromatic carbocycles. The van der Waals surface area contributed by atoms with E-state index in [0.717, 1.165) is 12.1 Å². The highest BCUT2D eigenvalue weighted by Gasteiger charge is 2.26. The number of nitrogens with zero attached hydrogens (tertiary/aromatic N) is 2. The fraction of sp³-hybridized carbons (Fsp3) is 0.167. The lowest BCUT2D eigenvalue weighted by Gasteiger charge is -2.28. The van der Waals surface area contributed by atoms with Gasteiger partial charge in [-0.3, -0.25) is 14.5 Å². The summed E-state index contributed by atoms with van der Waals surface area (Å²) in [5, 5.41) is 3.82. The molecular formula is C18H15F2N3O3. The molecule has 134 valence electrons. The van der Waals surface area contributed by atoms with Crippen molar-refractivity contribution >= 4 is 23.2 Å². The van der Waals surface area contributed by atoms with Crippen LogP contribution in [0.4, 0.5) is 14.5 Å². The van der Waals surface area contributed by atoms with Crippen molar-refractivity contribution in [2.24, 2.45) is 5.10 Å². The highest BCUT2D eigenvalue weighted by atomic mass is 19.1. The summed E-state index contributed by atoms with van der Waals surface area (Å²) in [5.74, 6) is -1.89. The van der Waals surface area contributed by atoms with E-state index in [0.29, 0.717) is 11.4 Å². The largest absolute Gasteiger partial charge is 0.482 e. The predicted molar refractivity (Wildman–Crippen MR) is 91.0 cm³/mol. The molecule has 0 radical (unpaired) electrons. The lowest BCUT2D eigenvalue weighted by Crippen LogP contribution is -2.44. The Bertz CT molecular complexity index is 899. The Morgan fingerprint density at radius 3 is 2.81 bits per heavy atom. The minimum absolute atomic E-state index is 0.0690. The second-order valence-corrected chi connectivity index (χ2v) is 5.59. The Hall–Kier alpha value is -3.29. The van der Waals surface area contributed by atoms with Gasteiger partial charge < -0.3 is 4.74 Å². The molecule has 0 unspecified atom stereocenters. The Kier molecular flexibility index (Phi) is 4.92. The van der Waals surface area contributed by atoms with Crippen LogP contribution in [0.2, 0.25) is 0 Å². The molecule has 2 aromatic rings. The van der Waals surface area contributed by atoms with E-state index >= 15 is 0 Å². The smallest absolute Gasteiger partial charge is 0.265 e. The number of fused-ring (bicyclic) bond motifs is 1. The maximum absolute atomic E-state index is 13.7. The first-order valence-electron chi connectivity index (χ1n) is 7.76. The molecule has 0 bridgehead atoms. The van der Waals surface area contributed by atoms with Crippen molar-refractivity contribution in [3.63, 3.8) is 0 Å². The van der Waals surface area contributed by atoms with Gasteiger partial charge in [-0.1, -0.05) is 12.1 Å². The number of hydrogen-bond acceptors (Lipinski definition) is 4. The van der Waals surface area contributed by atoms with Gasteiger partial charge in [-0.05, 0) is 31.2 Å². The average Bonchev–Trinajstić information content (AvgIpc) is 2.62. The molecule has 0 aliphatic carbocycles. The van der Waals surface area contributed by atoms with E-state index in [1.54, 1.807) is 24.3 Å². The molecule has 0 aromatic heterocycles. The van der Waals surface area contributed by atoms with Crippen molar-refractivity contribution < 1.29 is 23.1 Å². The molecule has 1 N–H and O–H groups in total. The van der Waals surface area contributed by atoms with E-state index < -0.39 is 17.5 Å². The minimum Gasteiger partial charge on any atom is -0.482 e. The maximum Gasteiger partial charge on any atom is 0.265 e. The Labute approximate surface area is 148 Å². The molecule has 1 heterocycles. The van der Waals surface area contributed by atoms with Gasteiger partial charge in [0.2, 0.25) is 0 Å². The molecule has 0 fully saturated rings. The molecule has 8 heteroatoms. The summed E-state index contributed by atoms with van der Waals surface area (Å²) in [6.45, 7) is 1.06. The fourth-order valence-corrected chi connectivity index (χ4v) is 2.50. The number of carbonyl (C=O) groups is 2. The molecule has 1 aliphatic rings. The highest BCUT2D eigenvalue weighted by Crippen LogP contribution is 2.31. The van der Waals surface area contributed by atoms with E-state index in [-0.39, 0.29) is 30.3 Å². The van der Waals surface area contributed by atoms with E-state index in [4.69, 9.17) is 4.74 Å². The van der Waals surface area contributed by atoms with Gasteiger partial charge >= 0.3 is 0 Å². The summed E-state index contributed by atoms with van der Waals surface area (Å²) in [4.78, 5) is 25.5. The summed E-state index contributed by atoms with van der Waals surface area (Å²) in [6.07, 6.45) is 0. The number of hydrogen-bond donors (Lipinski definition) is 1. The molecule has 0 saturated carbocycles. The van der Waals surface area contributed by atoms with Crippen LogP contribution in [0.15, 0.2) is 47.6 Å². The number of hydrazone groups is 1. The van der Waals surface area contributed by atoms with E-state index in [9.17, 15) is 18.4 Å². The zero-order chi connectivity index (χ0) is 18.7. The van der Waals surface area contributed by atoms with Gasteiger partial charge in [0.25, 0.3) is 11.8 Å². The zero-order valence-corrected chi connectivity index (χ0v) is 13.8. The third-order valence-corrected chi connectivity index (χ3v) is 3.78. The zero-order valence-electron chi connectivity index (χ0n) is 13.8. The molecule has 2 amide bonds. The molecule has 3 rings (SSSR count). The maximum atomic E-state index is 13.7. The van der Waals surface area contributed by atoms with Crippen molar-refractivity contribution in [2.75, 3.05) is 18.1 Å². The summed E-state index contributed by atoms with van der Waals surface area (Å²) < 4.78 is 32.0. The van der Waals surface area contributed by atoms with Crippen LogP contribution in [0.25, 0.3) is 0 Å². The highest BCUT2D eigenvalue weighted by molar-refractivity contribution is 6.03. The summed E-state index contributed by atoms with van der Waals surface area (Å²) >= 11 is 0. The number of rotatable bonds is 4. The number of carbonyl (C=O) groups excluding carboxylic acids is 2. The lowest BCUT2D eigenvalue weighted by molar-refractivity contribution is -0.125. The van der Waals surface area contributed by atoms with Gasteiger partial charge in [-0.25, -0.2) is 14.2 Å². The summed E-state index contributed by atoms with van der Waals surface area (Å²) in [6, 6.07) is 9.93. The van der Waals surface area contributed by atoms with Crippen LogP contribution in [0, 0.1) is 11.6 Å². The SMILES string of the molecule is C/C(=N/NC(=O)CN1C(=O)COc2ccccc21)c1ccc(F)cc1F. The third-order valence-electron chi connectivity index (χ3n) is 3.78. The number of ether oxygens (including phenoxy) is 1. The van der Waals surface area contributed by atoms with Gasteiger partial charge in [0, 0.05) is 11.6 Å². The standard InChI is InChI=1S/C18H15F2N3O3/c1-11(13-7-6-12(19)8-14(13)20)21-22-17(24)9-23-15-4-2-3-5-16(15)26-10-18(23)25/h2-8H,9-10H2,1H3,(H,22,24)/b21-11-. The van der Waals surface area contributed by atoms with Crippen LogP contribution in [0.3, 0.4) is 0 Å². The molecule has 6 nitrogen and oxygen atoms in total. The van der Waals surface area contributed by atoms with Crippen LogP contribution in [-0.4, -0.2) is 30.7 Å². The summed E-state index contributed by atoms with van der Waals surface area (Å²) in [5.41, 5.74) is 3.01. The first kappa shape index (κ1) is 17.5. The molecule has 0 atom stereocenters. The van der Waals surface area contributed by atoms with Crippen LogP contribution >= 0.6 is 0 Å². The van der Waals surface area contributed by atoms with Crippen LogP contribution in [-0.2, 0) is 9.59 Å². The molecule has 1 aliphatic heterocycles. The van der Waals surface area contributed by atoms with Gasteiger partial charge in [0.15, 0.2) is 6.61 Å². The Morgan fingerprint density at radius 2 is 2.04 bits per heavy atom. The van der Waals surface area contributed by atoms with Gasteiger partial charge in [0.1, 0.15) is 23.9 Å². The van der Waals surface area contributed by atoms with Crippen molar-refractivity contribution in [3.05, 3.63) is 59.7 Å². The Morgan fingerprint density at radius 1 is 1.27 bits per heavy atom. The van der Waals surface area contributed by atoms with Crippen molar-refractivity contribution in [1.82, 2.24) is 5.43 Å². The van der Waals surface area contributed by atoms with E-state index in [1.165, 1.54) is 17.9 Å².